The third-order valence-corrected chi connectivity index (χ3v) is 13.4. The first kappa shape index (κ1) is 29.8. The highest BCUT2D eigenvalue weighted by Crippen LogP contribution is 2.51. The van der Waals surface area contributed by atoms with Crippen molar-refractivity contribution in [3.05, 3.63) is 11.4 Å². The maximum absolute atomic E-state index is 11.3. The van der Waals surface area contributed by atoms with E-state index in [0.29, 0.717) is 17.3 Å². The predicted molar refractivity (Wildman–Crippen MR) is 168 cm³/mol. The SMILES string of the molecule is CC(CCC1C(C)CC[C@H]2C[C@@H](C(O)C3CC=C(P)CC3)CCC12)C[C@H]1CCC(C(C)(C)C)C(I)C1. The standard InChI is InChI=1S/C33H58IOP/c1-21(18-23-8-17-30(31(34)19-23)33(3,4)5)6-15-28-22(2)7-9-25-20-26(12-16-29(25)28)32(35)24-10-13-27(36)14-11-24/h13,21-26,28-32,35H,6-12,14-20,36H2,1-5H3/t21?,22?,23-,24?,25+,26+,28?,29?,30?,31?,32?/m1/s1. The number of alkyl halides is 1. The lowest BCUT2D eigenvalue weighted by Crippen LogP contribution is -2.42. The zero-order chi connectivity index (χ0) is 26.0. The van der Waals surface area contributed by atoms with E-state index in [0.717, 1.165) is 51.8 Å². The summed E-state index contributed by atoms with van der Waals surface area (Å²) in [6.45, 7) is 12.5. The molecule has 0 radical (unpaired) electrons. The van der Waals surface area contributed by atoms with E-state index in [2.05, 4.69) is 72.5 Å². The van der Waals surface area contributed by atoms with Crippen LogP contribution in [0.15, 0.2) is 11.4 Å². The Morgan fingerprint density at radius 2 is 1.81 bits per heavy atom. The molecule has 36 heavy (non-hydrogen) atoms. The van der Waals surface area contributed by atoms with Crippen molar-refractivity contribution in [2.45, 2.75) is 135 Å². The van der Waals surface area contributed by atoms with Crippen molar-refractivity contribution in [3.8, 4) is 0 Å². The van der Waals surface area contributed by atoms with Gasteiger partial charge in [0.1, 0.15) is 0 Å². The molecule has 0 aliphatic heterocycles. The summed E-state index contributed by atoms with van der Waals surface area (Å²) in [6.07, 6.45) is 21.3. The van der Waals surface area contributed by atoms with Gasteiger partial charge in [-0.05, 0) is 129 Å². The fourth-order valence-electron chi connectivity index (χ4n) is 9.26. The number of allylic oxidation sites excluding steroid dienone is 2. The molecule has 3 heteroatoms. The van der Waals surface area contributed by atoms with Gasteiger partial charge in [0.15, 0.2) is 0 Å². The lowest BCUT2D eigenvalue weighted by molar-refractivity contribution is -0.0279. The van der Waals surface area contributed by atoms with Crippen LogP contribution in [-0.2, 0) is 0 Å². The molecule has 0 saturated heterocycles. The molecule has 0 aromatic carbocycles. The van der Waals surface area contributed by atoms with Gasteiger partial charge in [-0.3, -0.25) is 0 Å². The first-order valence-electron chi connectivity index (χ1n) is 15.8. The van der Waals surface area contributed by atoms with Crippen LogP contribution in [0.3, 0.4) is 0 Å². The number of aliphatic hydroxyl groups is 1. The molecule has 4 aliphatic carbocycles. The third-order valence-electron chi connectivity index (χ3n) is 11.5. The van der Waals surface area contributed by atoms with Crippen LogP contribution in [0.5, 0.6) is 0 Å². The normalized spacial score (nSPS) is 41.8. The van der Waals surface area contributed by atoms with Crippen LogP contribution in [-0.4, -0.2) is 15.1 Å². The van der Waals surface area contributed by atoms with Crippen molar-refractivity contribution in [2.24, 2.45) is 58.7 Å². The zero-order valence-corrected chi connectivity index (χ0v) is 27.5. The first-order chi connectivity index (χ1) is 17.0. The fraction of sp³-hybridized carbons (Fsp3) is 0.939. The Bertz CT molecular complexity index is 728. The number of fused-ring (bicyclic) bond motifs is 1. The molecule has 0 aromatic heterocycles. The second-order valence-electron chi connectivity index (χ2n) is 15.1. The van der Waals surface area contributed by atoms with E-state index in [-0.39, 0.29) is 6.10 Å². The minimum atomic E-state index is -0.0618. The van der Waals surface area contributed by atoms with E-state index < -0.39 is 0 Å². The van der Waals surface area contributed by atoms with E-state index in [1.165, 1.54) is 88.8 Å². The smallest absolute Gasteiger partial charge is 0.0599 e. The summed E-state index contributed by atoms with van der Waals surface area (Å²) in [5.41, 5.74) is 0.469. The summed E-state index contributed by atoms with van der Waals surface area (Å²) >= 11 is 2.79. The summed E-state index contributed by atoms with van der Waals surface area (Å²) in [7, 11) is 2.88. The van der Waals surface area contributed by atoms with Gasteiger partial charge in [0.25, 0.3) is 0 Å². The minimum Gasteiger partial charge on any atom is -0.393 e. The zero-order valence-electron chi connectivity index (χ0n) is 24.2. The second kappa shape index (κ2) is 13.0. The molecule has 0 amide bonds. The molecule has 4 aliphatic rings. The number of hydrogen-bond acceptors (Lipinski definition) is 1. The van der Waals surface area contributed by atoms with Crippen LogP contribution < -0.4 is 0 Å². The van der Waals surface area contributed by atoms with Gasteiger partial charge < -0.3 is 5.11 Å². The molecule has 1 nitrogen and oxygen atoms in total. The molecule has 0 bridgehead atoms. The van der Waals surface area contributed by atoms with Crippen LogP contribution >= 0.6 is 31.8 Å². The average molecular weight is 629 g/mol. The van der Waals surface area contributed by atoms with Crippen LogP contribution in [0.2, 0.25) is 0 Å². The van der Waals surface area contributed by atoms with Gasteiger partial charge in [0.2, 0.25) is 0 Å². The quantitative estimate of drug-likeness (QED) is 0.169. The van der Waals surface area contributed by atoms with E-state index in [1.54, 1.807) is 0 Å². The average Bonchev–Trinajstić information content (AvgIpc) is 2.82. The summed E-state index contributed by atoms with van der Waals surface area (Å²) in [6, 6.07) is 0. The number of hydrogen-bond donors (Lipinski definition) is 1. The van der Waals surface area contributed by atoms with E-state index >= 15 is 0 Å². The Morgan fingerprint density at radius 3 is 2.47 bits per heavy atom. The fourth-order valence-corrected chi connectivity index (χ4v) is 11.7. The van der Waals surface area contributed by atoms with Crippen LogP contribution in [0, 0.1) is 58.7 Å². The predicted octanol–water partition coefficient (Wildman–Crippen LogP) is 10.1. The van der Waals surface area contributed by atoms with Gasteiger partial charge in [-0.15, -0.1) is 9.24 Å². The summed E-state index contributed by atoms with van der Waals surface area (Å²) in [5.74, 6) is 7.50. The Kier molecular flexibility index (Phi) is 10.8. The highest BCUT2D eigenvalue weighted by Gasteiger charge is 2.43. The number of halogens is 1. The van der Waals surface area contributed by atoms with Gasteiger partial charge in [-0.2, -0.15) is 0 Å². The van der Waals surface area contributed by atoms with Crippen molar-refractivity contribution in [1.29, 1.82) is 0 Å². The highest BCUT2D eigenvalue weighted by atomic mass is 127. The van der Waals surface area contributed by atoms with Gasteiger partial charge >= 0.3 is 0 Å². The molecule has 1 N–H and O–H groups in total. The van der Waals surface area contributed by atoms with Crippen molar-refractivity contribution in [3.63, 3.8) is 0 Å². The molecule has 208 valence electrons. The monoisotopic (exact) mass is 628 g/mol. The molecule has 3 saturated carbocycles. The Morgan fingerprint density at radius 1 is 1.03 bits per heavy atom. The van der Waals surface area contributed by atoms with Crippen molar-refractivity contribution in [1.82, 2.24) is 0 Å². The molecule has 3 fully saturated rings. The topological polar surface area (TPSA) is 20.2 Å². The highest BCUT2D eigenvalue weighted by molar-refractivity contribution is 14.1. The summed E-state index contributed by atoms with van der Waals surface area (Å²) < 4.78 is 0.866. The Hall–Kier alpha value is 0.860. The minimum absolute atomic E-state index is 0.0618. The molecule has 0 spiro atoms. The van der Waals surface area contributed by atoms with Gasteiger partial charge in [-0.25, -0.2) is 0 Å². The van der Waals surface area contributed by atoms with Gasteiger partial charge in [0, 0.05) is 3.92 Å². The maximum atomic E-state index is 11.3. The van der Waals surface area contributed by atoms with E-state index in [4.69, 9.17) is 0 Å². The van der Waals surface area contributed by atoms with E-state index in [1.807, 2.05) is 0 Å². The number of rotatable bonds is 7. The third kappa shape index (κ3) is 7.53. The molecular formula is C33H58IOP. The molecule has 0 heterocycles. The van der Waals surface area contributed by atoms with Crippen LogP contribution in [0.4, 0.5) is 0 Å². The molecule has 4 rings (SSSR count). The van der Waals surface area contributed by atoms with Crippen molar-refractivity contribution < 1.29 is 5.11 Å². The van der Waals surface area contributed by atoms with Gasteiger partial charge in [-0.1, -0.05) is 87.9 Å². The molecule has 9 unspecified atom stereocenters. The lowest BCUT2D eigenvalue weighted by Gasteiger charge is -2.48. The Balaban J connectivity index is 1.24. The maximum Gasteiger partial charge on any atom is 0.0599 e. The Labute approximate surface area is 240 Å². The van der Waals surface area contributed by atoms with E-state index in [9.17, 15) is 5.11 Å². The van der Waals surface area contributed by atoms with Crippen LogP contribution in [0.1, 0.15) is 125 Å². The molecule has 12 atom stereocenters. The van der Waals surface area contributed by atoms with Crippen molar-refractivity contribution >= 4 is 31.8 Å². The first-order valence-corrected chi connectivity index (χ1v) is 17.6. The molecule has 0 aromatic rings. The second-order valence-corrected chi connectivity index (χ2v) is 17.4. The molecular weight excluding hydrogens is 570 g/mol. The summed E-state index contributed by atoms with van der Waals surface area (Å²) in [4.78, 5) is 0. The summed E-state index contributed by atoms with van der Waals surface area (Å²) in [5, 5.41) is 12.7. The largest absolute Gasteiger partial charge is 0.393 e. The van der Waals surface area contributed by atoms with Crippen molar-refractivity contribution in [2.75, 3.05) is 0 Å². The lowest BCUT2D eigenvalue weighted by atomic mass is 9.57. The van der Waals surface area contributed by atoms with Crippen LogP contribution in [0.25, 0.3) is 0 Å². The number of aliphatic hydroxyl groups excluding tert-OH is 1. The van der Waals surface area contributed by atoms with Gasteiger partial charge in [0.05, 0.1) is 6.10 Å².